The summed E-state index contributed by atoms with van der Waals surface area (Å²) in [5.74, 6) is 0. The fourth-order valence-electron chi connectivity index (χ4n) is 1.73. The number of nitrogens with one attached hydrogen (secondary N) is 1. The van der Waals surface area contributed by atoms with E-state index in [0.29, 0.717) is 17.7 Å². The number of halogens is 6. The van der Waals surface area contributed by atoms with Crippen molar-refractivity contribution in [2.45, 2.75) is 6.18 Å². The molecule has 2 rings (SSSR count). The fourth-order valence-corrected chi connectivity index (χ4v) is 2.47. The number of non-ortho nitro benzene ring substituents is 1. The van der Waals surface area contributed by atoms with Crippen LogP contribution in [0.1, 0.15) is 11.1 Å². The van der Waals surface area contributed by atoms with Gasteiger partial charge in [0.1, 0.15) is 0 Å². The van der Waals surface area contributed by atoms with Crippen LogP contribution in [-0.4, -0.2) is 10.1 Å². The van der Waals surface area contributed by atoms with E-state index in [4.69, 9.17) is 34.8 Å². The molecule has 132 valence electrons. The van der Waals surface area contributed by atoms with E-state index in [1.54, 1.807) is 0 Å². The molecule has 1 N–H and O–H groups in total. The van der Waals surface area contributed by atoms with E-state index in [0.717, 1.165) is 0 Å². The second-order valence-corrected chi connectivity index (χ2v) is 5.80. The second kappa shape index (κ2) is 7.47. The summed E-state index contributed by atoms with van der Waals surface area (Å²) < 4.78 is 38.0. The van der Waals surface area contributed by atoms with Crippen LogP contribution in [0.3, 0.4) is 0 Å². The minimum absolute atomic E-state index is 0.0589. The highest BCUT2D eigenvalue weighted by atomic mass is 35.5. The Labute approximate surface area is 154 Å². The Morgan fingerprint density at radius 1 is 1.12 bits per heavy atom. The van der Waals surface area contributed by atoms with Crippen molar-refractivity contribution >= 4 is 51.3 Å². The van der Waals surface area contributed by atoms with Gasteiger partial charge in [-0.3, -0.25) is 15.5 Å². The molecule has 0 aliphatic heterocycles. The monoisotopic (exact) mass is 411 g/mol. The van der Waals surface area contributed by atoms with Crippen molar-refractivity contribution in [3.63, 3.8) is 0 Å². The zero-order valence-electron chi connectivity index (χ0n) is 11.9. The summed E-state index contributed by atoms with van der Waals surface area (Å²) in [7, 11) is 0. The van der Waals surface area contributed by atoms with Gasteiger partial charge in [0.15, 0.2) is 5.17 Å². The highest BCUT2D eigenvalue weighted by molar-refractivity contribution is 6.69. The highest BCUT2D eigenvalue weighted by Crippen LogP contribution is 2.38. The lowest BCUT2D eigenvalue weighted by atomic mass is 10.2. The number of alkyl halides is 3. The summed E-state index contributed by atoms with van der Waals surface area (Å²) in [5.41, 5.74) is 1.54. The summed E-state index contributed by atoms with van der Waals surface area (Å²) in [6, 6.07) is 6.58. The van der Waals surface area contributed by atoms with Crippen molar-refractivity contribution in [1.29, 1.82) is 0 Å². The molecule has 5 nitrogen and oxygen atoms in total. The molecule has 0 saturated heterocycles. The van der Waals surface area contributed by atoms with Crippen LogP contribution in [-0.2, 0) is 6.18 Å². The molecular formula is C14H7Cl3F3N3O2. The molecule has 0 saturated carbocycles. The van der Waals surface area contributed by atoms with Gasteiger partial charge in [-0.05, 0) is 24.3 Å². The smallest absolute Gasteiger partial charge is 0.274 e. The molecule has 0 bridgehead atoms. The third-order valence-electron chi connectivity index (χ3n) is 2.95. The maximum absolute atomic E-state index is 12.7. The minimum atomic E-state index is -4.59. The molecular weight excluding hydrogens is 406 g/mol. The van der Waals surface area contributed by atoms with Gasteiger partial charge in [0.25, 0.3) is 5.69 Å². The van der Waals surface area contributed by atoms with Crippen molar-refractivity contribution in [2.24, 2.45) is 5.10 Å². The first kappa shape index (κ1) is 19.3. The Bertz CT molecular complexity index is 816. The second-order valence-electron chi connectivity index (χ2n) is 4.63. The number of benzene rings is 2. The molecule has 0 aromatic heterocycles. The number of hydrogen-bond acceptors (Lipinski definition) is 4. The van der Waals surface area contributed by atoms with Crippen molar-refractivity contribution < 1.29 is 18.1 Å². The quantitative estimate of drug-likeness (QED) is 0.384. The van der Waals surface area contributed by atoms with Crippen molar-refractivity contribution in [3.05, 3.63) is 67.7 Å². The Hall–Kier alpha value is -2.03. The van der Waals surface area contributed by atoms with Gasteiger partial charge < -0.3 is 0 Å². The summed E-state index contributed by atoms with van der Waals surface area (Å²) in [6.45, 7) is 0. The van der Waals surface area contributed by atoms with Gasteiger partial charge in [0, 0.05) is 17.7 Å². The first-order valence-electron chi connectivity index (χ1n) is 6.40. The summed E-state index contributed by atoms with van der Waals surface area (Å²) in [6.07, 6.45) is -4.59. The number of rotatable bonds is 4. The van der Waals surface area contributed by atoms with E-state index in [1.807, 2.05) is 0 Å². The number of hydrazone groups is 1. The van der Waals surface area contributed by atoms with Crippen LogP contribution < -0.4 is 5.43 Å². The van der Waals surface area contributed by atoms with Crippen molar-refractivity contribution in [3.8, 4) is 0 Å². The molecule has 0 radical (unpaired) electrons. The molecule has 0 amide bonds. The lowest BCUT2D eigenvalue weighted by Gasteiger charge is -2.12. The summed E-state index contributed by atoms with van der Waals surface area (Å²) in [4.78, 5) is 10.0. The van der Waals surface area contributed by atoms with Crippen molar-refractivity contribution in [1.82, 2.24) is 0 Å². The molecule has 0 fully saturated rings. The molecule has 0 atom stereocenters. The van der Waals surface area contributed by atoms with Gasteiger partial charge in [-0.1, -0.05) is 34.8 Å². The SMILES string of the molecule is O=[N+]([O-])c1ccc(C(Cl)=NNc2c(Cl)cc(C(F)(F)F)cc2Cl)cc1. The molecule has 25 heavy (non-hydrogen) atoms. The Balaban J connectivity index is 2.24. The lowest BCUT2D eigenvalue weighted by molar-refractivity contribution is -0.384. The van der Waals surface area contributed by atoms with Crippen LogP contribution in [0, 0.1) is 10.1 Å². The molecule has 11 heteroatoms. The standard InChI is InChI=1S/C14H7Cl3F3N3O2/c15-10-5-8(14(18,19)20)6-11(16)12(10)21-22-13(17)7-1-3-9(4-2-7)23(24)25/h1-6,21H. The zero-order chi connectivity index (χ0) is 18.8. The molecule has 0 aliphatic carbocycles. The van der Waals surface area contributed by atoms with E-state index in [9.17, 15) is 23.3 Å². The predicted octanol–water partition coefficient (Wildman–Crippen LogP) is 5.93. The average molecular weight is 413 g/mol. The van der Waals surface area contributed by atoms with Crippen LogP contribution >= 0.6 is 34.8 Å². The van der Waals surface area contributed by atoms with E-state index < -0.39 is 16.7 Å². The predicted molar refractivity (Wildman–Crippen MR) is 90.6 cm³/mol. The number of anilines is 1. The van der Waals surface area contributed by atoms with E-state index in [1.165, 1.54) is 24.3 Å². The summed E-state index contributed by atoms with van der Waals surface area (Å²) >= 11 is 17.5. The van der Waals surface area contributed by atoms with Crippen molar-refractivity contribution in [2.75, 3.05) is 5.43 Å². The Kier molecular flexibility index (Phi) is 5.76. The number of nitro groups is 1. The number of nitrogens with zero attached hydrogens (tertiary/aromatic N) is 2. The fraction of sp³-hybridized carbons (Fsp3) is 0.0714. The van der Waals surface area contributed by atoms with E-state index in [2.05, 4.69) is 10.5 Å². The third-order valence-corrected chi connectivity index (χ3v) is 3.85. The molecule has 0 aliphatic rings. The highest BCUT2D eigenvalue weighted by Gasteiger charge is 2.32. The van der Waals surface area contributed by atoms with Gasteiger partial charge in [0.05, 0.1) is 26.2 Å². The first-order chi connectivity index (χ1) is 11.6. The average Bonchev–Trinajstić information content (AvgIpc) is 2.52. The molecule has 0 unspecified atom stereocenters. The van der Waals surface area contributed by atoms with E-state index >= 15 is 0 Å². The minimum Gasteiger partial charge on any atom is -0.274 e. The maximum Gasteiger partial charge on any atom is 0.416 e. The van der Waals surface area contributed by atoms with Crippen LogP contribution in [0.25, 0.3) is 0 Å². The summed E-state index contributed by atoms with van der Waals surface area (Å²) in [5, 5.41) is 13.7. The van der Waals surface area contributed by atoms with Crippen LogP contribution in [0.15, 0.2) is 41.5 Å². The first-order valence-corrected chi connectivity index (χ1v) is 7.53. The van der Waals surface area contributed by atoms with Gasteiger partial charge in [0.2, 0.25) is 0 Å². The van der Waals surface area contributed by atoms with E-state index in [-0.39, 0.29) is 26.6 Å². The van der Waals surface area contributed by atoms with Crippen LogP contribution in [0.4, 0.5) is 24.5 Å². The van der Waals surface area contributed by atoms with Crippen LogP contribution in [0.2, 0.25) is 10.0 Å². The van der Waals surface area contributed by atoms with Crippen LogP contribution in [0.5, 0.6) is 0 Å². The largest absolute Gasteiger partial charge is 0.416 e. The maximum atomic E-state index is 12.7. The Morgan fingerprint density at radius 2 is 1.64 bits per heavy atom. The van der Waals surface area contributed by atoms with Gasteiger partial charge in [-0.25, -0.2) is 0 Å². The molecule has 2 aromatic rings. The third kappa shape index (κ3) is 4.75. The molecule has 2 aromatic carbocycles. The topological polar surface area (TPSA) is 67.5 Å². The lowest BCUT2D eigenvalue weighted by Crippen LogP contribution is -2.06. The zero-order valence-corrected chi connectivity index (χ0v) is 14.2. The van der Waals surface area contributed by atoms with Gasteiger partial charge >= 0.3 is 6.18 Å². The normalized spacial score (nSPS) is 12.2. The van der Waals surface area contributed by atoms with Gasteiger partial charge in [-0.15, -0.1) is 0 Å². The number of nitro benzene ring substituents is 1. The Morgan fingerprint density at radius 3 is 2.08 bits per heavy atom. The molecule has 0 heterocycles. The number of hydrogen-bond donors (Lipinski definition) is 1. The molecule has 0 spiro atoms. The van der Waals surface area contributed by atoms with Gasteiger partial charge in [-0.2, -0.15) is 18.3 Å².